The van der Waals surface area contributed by atoms with E-state index in [0.717, 1.165) is 34.2 Å². The minimum absolute atomic E-state index is 0.0228. The van der Waals surface area contributed by atoms with Crippen LogP contribution in [-0.2, 0) is 11.2 Å². The van der Waals surface area contributed by atoms with Gasteiger partial charge in [0.15, 0.2) is 5.82 Å². The van der Waals surface area contributed by atoms with Crippen LogP contribution in [0.3, 0.4) is 0 Å². The molecule has 0 saturated heterocycles. The lowest BCUT2D eigenvalue weighted by Gasteiger charge is -2.10. The highest BCUT2D eigenvalue weighted by Crippen LogP contribution is 2.24. The van der Waals surface area contributed by atoms with Crippen LogP contribution in [0.25, 0.3) is 21.9 Å². The molecule has 0 atom stereocenters. The molecule has 0 saturated carbocycles. The van der Waals surface area contributed by atoms with E-state index in [4.69, 9.17) is 4.74 Å². The average molecular weight is 443 g/mol. The maximum atomic E-state index is 12.4. The summed E-state index contributed by atoms with van der Waals surface area (Å²) in [7, 11) is 1.65. The highest BCUT2D eigenvalue weighted by atomic mass is 16.5. The molecule has 0 aliphatic heterocycles. The molecule has 0 radical (unpaired) electrons. The molecule has 3 N–H and O–H groups in total. The molecule has 3 aromatic carbocycles. The molecule has 0 spiro atoms. The van der Waals surface area contributed by atoms with Gasteiger partial charge >= 0.3 is 0 Å². The van der Waals surface area contributed by atoms with E-state index in [1.807, 2.05) is 66.7 Å². The lowest BCUT2D eigenvalue weighted by molar-refractivity contribution is -0.120. The summed E-state index contributed by atoms with van der Waals surface area (Å²) in [5.74, 6) is 1.41. The first-order chi connectivity index (χ1) is 16.1. The number of aromatic nitrogens is 2. The van der Waals surface area contributed by atoms with Gasteiger partial charge in [0.25, 0.3) is 5.56 Å². The van der Waals surface area contributed by atoms with E-state index in [1.54, 1.807) is 13.2 Å². The summed E-state index contributed by atoms with van der Waals surface area (Å²) in [6.07, 6.45) is 1.04. The van der Waals surface area contributed by atoms with E-state index in [-0.39, 0.29) is 11.5 Å². The molecule has 4 rings (SSSR count). The number of methoxy groups -OCH3 is 1. The average Bonchev–Trinajstić information content (AvgIpc) is 2.85. The van der Waals surface area contributed by atoms with Gasteiger partial charge in [0.2, 0.25) is 5.91 Å². The number of benzene rings is 3. The van der Waals surface area contributed by atoms with Crippen LogP contribution in [0.5, 0.6) is 5.75 Å². The van der Waals surface area contributed by atoms with Gasteiger partial charge in [-0.25, -0.2) is 5.10 Å². The van der Waals surface area contributed by atoms with Crippen LogP contribution in [0.1, 0.15) is 12.0 Å². The number of hydrogen-bond donors (Lipinski definition) is 3. The predicted molar refractivity (Wildman–Crippen MR) is 131 cm³/mol. The number of ether oxygens (including phenoxy) is 1. The minimum Gasteiger partial charge on any atom is -0.497 e. The molecular weight excluding hydrogens is 416 g/mol. The van der Waals surface area contributed by atoms with Crippen LogP contribution >= 0.6 is 0 Å². The van der Waals surface area contributed by atoms with Gasteiger partial charge in [-0.2, -0.15) is 5.10 Å². The Hall–Kier alpha value is -4.13. The molecule has 33 heavy (non-hydrogen) atoms. The number of aromatic amines is 1. The largest absolute Gasteiger partial charge is 0.497 e. The number of fused-ring (bicyclic) bond motifs is 1. The van der Waals surface area contributed by atoms with E-state index >= 15 is 0 Å². The zero-order valence-corrected chi connectivity index (χ0v) is 18.4. The van der Waals surface area contributed by atoms with Gasteiger partial charge in [-0.1, -0.05) is 54.6 Å². The summed E-state index contributed by atoms with van der Waals surface area (Å²) in [4.78, 5) is 24.3. The SMILES string of the molecule is COc1cccc(-c2cccc(CC(=O)NCCCNc3n[nH]c(=O)c4ccccc34)c2)c1. The summed E-state index contributed by atoms with van der Waals surface area (Å²) in [5, 5.41) is 14.2. The van der Waals surface area contributed by atoms with Crippen LogP contribution in [-0.4, -0.2) is 36.3 Å². The van der Waals surface area contributed by atoms with Crippen LogP contribution in [0.4, 0.5) is 5.82 Å². The maximum absolute atomic E-state index is 12.4. The number of amides is 1. The molecule has 4 aromatic rings. The van der Waals surface area contributed by atoms with Gasteiger partial charge in [0.05, 0.1) is 18.9 Å². The number of H-pyrrole nitrogens is 1. The predicted octanol–water partition coefficient (Wildman–Crippen LogP) is 3.76. The highest BCUT2D eigenvalue weighted by Gasteiger charge is 2.07. The van der Waals surface area contributed by atoms with E-state index in [1.165, 1.54) is 0 Å². The van der Waals surface area contributed by atoms with Gasteiger partial charge in [-0.05, 0) is 41.3 Å². The minimum atomic E-state index is -0.209. The van der Waals surface area contributed by atoms with Crippen molar-refractivity contribution >= 4 is 22.5 Å². The van der Waals surface area contributed by atoms with Gasteiger partial charge < -0.3 is 15.4 Å². The summed E-state index contributed by atoms with van der Waals surface area (Å²) in [6.45, 7) is 1.16. The third-order valence-corrected chi connectivity index (χ3v) is 5.36. The van der Waals surface area contributed by atoms with Gasteiger partial charge in [0.1, 0.15) is 5.75 Å². The maximum Gasteiger partial charge on any atom is 0.272 e. The van der Waals surface area contributed by atoms with E-state index in [9.17, 15) is 9.59 Å². The van der Waals surface area contributed by atoms with Crippen LogP contribution in [0.15, 0.2) is 77.6 Å². The van der Waals surface area contributed by atoms with Crippen molar-refractivity contribution in [2.45, 2.75) is 12.8 Å². The fourth-order valence-corrected chi connectivity index (χ4v) is 3.68. The Morgan fingerprint density at radius 2 is 1.70 bits per heavy atom. The van der Waals surface area contributed by atoms with Crippen LogP contribution in [0, 0.1) is 0 Å². The first-order valence-electron chi connectivity index (χ1n) is 10.9. The fraction of sp³-hybridized carbons (Fsp3) is 0.192. The quantitative estimate of drug-likeness (QED) is 0.343. The second kappa shape index (κ2) is 10.5. The molecule has 0 unspecified atom stereocenters. The van der Waals surface area contributed by atoms with Gasteiger partial charge in [-0.3, -0.25) is 9.59 Å². The van der Waals surface area contributed by atoms with Crippen molar-refractivity contribution in [1.82, 2.24) is 15.5 Å². The first kappa shape index (κ1) is 22.1. The third-order valence-electron chi connectivity index (χ3n) is 5.36. The van der Waals surface area contributed by atoms with Crippen molar-refractivity contribution in [3.8, 4) is 16.9 Å². The Bertz CT molecular complexity index is 1320. The van der Waals surface area contributed by atoms with E-state index < -0.39 is 0 Å². The van der Waals surface area contributed by atoms with Crippen molar-refractivity contribution in [1.29, 1.82) is 0 Å². The van der Waals surface area contributed by atoms with Crippen molar-refractivity contribution in [2.24, 2.45) is 0 Å². The summed E-state index contributed by atoms with van der Waals surface area (Å²) >= 11 is 0. The van der Waals surface area contributed by atoms with Crippen molar-refractivity contribution in [3.63, 3.8) is 0 Å². The zero-order valence-electron chi connectivity index (χ0n) is 18.4. The fourth-order valence-electron chi connectivity index (χ4n) is 3.68. The second-order valence-corrected chi connectivity index (χ2v) is 7.69. The summed E-state index contributed by atoms with van der Waals surface area (Å²) in [6, 6.07) is 23.2. The third kappa shape index (κ3) is 5.57. The molecule has 0 aliphatic rings. The molecule has 1 heterocycles. The lowest BCUT2D eigenvalue weighted by Crippen LogP contribution is -2.27. The smallest absolute Gasteiger partial charge is 0.272 e. The molecule has 0 fully saturated rings. The van der Waals surface area contributed by atoms with Crippen molar-refractivity contribution in [2.75, 3.05) is 25.5 Å². The Kier molecular flexibility index (Phi) is 6.99. The molecule has 7 heteroatoms. The lowest BCUT2D eigenvalue weighted by atomic mass is 10.0. The van der Waals surface area contributed by atoms with E-state index in [0.29, 0.717) is 30.7 Å². The molecule has 7 nitrogen and oxygen atoms in total. The molecule has 1 aromatic heterocycles. The number of hydrogen-bond acceptors (Lipinski definition) is 5. The summed E-state index contributed by atoms with van der Waals surface area (Å²) in [5.41, 5.74) is 2.84. The molecule has 1 amide bonds. The van der Waals surface area contributed by atoms with Crippen molar-refractivity contribution < 1.29 is 9.53 Å². The van der Waals surface area contributed by atoms with Crippen LogP contribution in [0.2, 0.25) is 0 Å². The Morgan fingerprint density at radius 1 is 0.939 bits per heavy atom. The Morgan fingerprint density at radius 3 is 2.52 bits per heavy atom. The van der Waals surface area contributed by atoms with Crippen molar-refractivity contribution in [3.05, 3.63) is 88.7 Å². The molecule has 0 bridgehead atoms. The molecular formula is C26H26N4O3. The molecule has 168 valence electrons. The Labute approximate surface area is 191 Å². The second-order valence-electron chi connectivity index (χ2n) is 7.69. The van der Waals surface area contributed by atoms with E-state index in [2.05, 4.69) is 20.8 Å². The zero-order chi connectivity index (χ0) is 23.0. The summed E-state index contributed by atoms with van der Waals surface area (Å²) < 4.78 is 5.30. The first-order valence-corrected chi connectivity index (χ1v) is 10.9. The number of anilines is 1. The number of nitrogens with one attached hydrogen (secondary N) is 3. The highest BCUT2D eigenvalue weighted by molar-refractivity contribution is 5.90. The normalized spacial score (nSPS) is 10.7. The molecule has 0 aliphatic carbocycles. The Balaban J connectivity index is 1.27. The number of carbonyl (C=O) groups is 1. The monoisotopic (exact) mass is 442 g/mol. The van der Waals surface area contributed by atoms with Gasteiger partial charge in [0, 0.05) is 18.5 Å². The topological polar surface area (TPSA) is 96.1 Å². The van der Waals surface area contributed by atoms with Gasteiger partial charge in [-0.15, -0.1) is 0 Å². The standard InChI is InChI=1S/C26H26N4O3/c1-33-21-10-5-9-20(17-21)19-8-4-7-18(15-19)16-24(31)27-13-6-14-28-25-22-11-2-3-12-23(22)26(32)30-29-25/h2-5,7-12,15,17H,6,13-14,16H2,1H3,(H,27,31)(H,28,29)(H,30,32). The number of rotatable bonds is 9. The number of nitrogens with zero attached hydrogens (tertiary/aromatic N) is 1. The number of carbonyl (C=O) groups excluding carboxylic acids is 1. The van der Waals surface area contributed by atoms with Crippen LogP contribution < -0.4 is 20.9 Å².